The van der Waals surface area contributed by atoms with E-state index in [0.717, 1.165) is 24.8 Å². The first-order valence-corrected chi connectivity index (χ1v) is 6.37. The minimum absolute atomic E-state index is 0.0600. The van der Waals surface area contributed by atoms with Crippen LogP contribution in [0.25, 0.3) is 0 Å². The molecule has 1 aromatic carbocycles. The van der Waals surface area contributed by atoms with Gasteiger partial charge in [0.1, 0.15) is 11.5 Å². The summed E-state index contributed by atoms with van der Waals surface area (Å²) in [6.45, 7) is 4.88. The van der Waals surface area contributed by atoms with Crippen LogP contribution >= 0.6 is 0 Å². The molecule has 0 saturated carbocycles. The maximum atomic E-state index is 13.8. The highest BCUT2D eigenvalue weighted by Gasteiger charge is 2.34. The molecule has 0 amide bonds. The van der Waals surface area contributed by atoms with Gasteiger partial charge in [-0.25, -0.2) is 4.39 Å². The molecule has 1 aliphatic rings. The number of hydrogen-bond acceptors (Lipinski definition) is 2. The molecular weight excluding hydrogens is 217 g/mol. The smallest absolute Gasteiger partial charge is 0.127 e. The van der Waals surface area contributed by atoms with Crippen LogP contribution in [-0.2, 0) is 4.74 Å². The minimum Gasteiger partial charge on any atom is -0.361 e. The molecule has 0 aliphatic carbocycles. The van der Waals surface area contributed by atoms with E-state index in [1.54, 1.807) is 6.07 Å². The summed E-state index contributed by atoms with van der Waals surface area (Å²) in [5, 5.41) is 3.46. The number of ether oxygens (including phenoxy) is 1. The third-order valence-corrected chi connectivity index (χ3v) is 3.65. The SMILES string of the molecule is CCC1(CC)NC(c2ccccc2F)CCO1. The van der Waals surface area contributed by atoms with Crippen LogP contribution in [0.5, 0.6) is 0 Å². The highest BCUT2D eigenvalue weighted by Crippen LogP contribution is 2.31. The summed E-state index contributed by atoms with van der Waals surface area (Å²) in [5.74, 6) is -0.131. The molecule has 2 rings (SSSR count). The summed E-state index contributed by atoms with van der Waals surface area (Å²) in [5.41, 5.74) is 0.465. The molecule has 1 aliphatic heterocycles. The molecule has 1 fully saturated rings. The Morgan fingerprint density at radius 3 is 2.71 bits per heavy atom. The Kier molecular flexibility index (Phi) is 3.79. The fourth-order valence-electron chi connectivity index (χ4n) is 2.45. The molecule has 1 aromatic rings. The standard InChI is InChI=1S/C14H20FNO/c1-3-14(4-2)16-13(9-10-17-14)11-7-5-6-8-12(11)15/h5-8,13,16H,3-4,9-10H2,1-2H3. The second kappa shape index (κ2) is 5.15. The van der Waals surface area contributed by atoms with Crippen LogP contribution in [0.2, 0.25) is 0 Å². The summed E-state index contributed by atoms with van der Waals surface area (Å²) in [4.78, 5) is 0. The number of benzene rings is 1. The Morgan fingerprint density at radius 2 is 2.06 bits per heavy atom. The van der Waals surface area contributed by atoms with Crippen LogP contribution in [0.3, 0.4) is 0 Å². The topological polar surface area (TPSA) is 21.3 Å². The van der Waals surface area contributed by atoms with Gasteiger partial charge in [-0.3, -0.25) is 5.32 Å². The lowest BCUT2D eigenvalue weighted by Crippen LogP contribution is -2.52. The van der Waals surface area contributed by atoms with Gasteiger partial charge in [0.05, 0.1) is 6.61 Å². The molecule has 0 aromatic heterocycles. The fraction of sp³-hybridized carbons (Fsp3) is 0.571. The van der Waals surface area contributed by atoms with Crippen molar-refractivity contribution >= 4 is 0 Å². The van der Waals surface area contributed by atoms with Crippen molar-refractivity contribution in [2.45, 2.75) is 44.9 Å². The zero-order valence-electron chi connectivity index (χ0n) is 10.5. The normalized spacial score (nSPS) is 23.6. The summed E-state index contributed by atoms with van der Waals surface area (Å²) >= 11 is 0. The van der Waals surface area contributed by atoms with Crippen molar-refractivity contribution in [2.24, 2.45) is 0 Å². The average Bonchev–Trinajstić information content (AvgIpc) is 2.39. The second-order valence-corrected chi connectivity index (χ2v) is 4.56. The first-order valence-electron chi connectivity index (χ1n) is 6.37. The molecule has 1 unspecified atom stereocenters. The monoisotopic (exact) mass is 237 g/mol. The predicted octanol–water partition coefficient (Wildman–Crippen LogP) is 3.39. The Bertz CT molecular complexity index is 376. The quantitative estimate of drug-likeness (QED) is 0.870. The van der Waals surface area contributed by atoms with Gasteiger partial charge in [0.2, 0.25) is 0 Å². The predicted molar refractivity (Wildman–Crippen MR) is 66.2 cm³/mol. The number of rotatable bonds is 3. The van der Waals surface area contributed by atoms with Crippen LogP contribution in [0.1, 0.15) is 44.7 Å². The van der Waals surface area contributed by atoms with Crippen molar-refractivity contribution in [3.8, 4) is 0 Å². The Labute approximate surface area is 102 Å². The molecule has 94 valence electrons. The zero-order chi connectivity index (χ0) is 12.3. The van der Waals surface area contributed by atoms with E-state index in [-0.39, 0.29) is 17.6 Å². The molecule has 17 heavy (non-hydrogen) atoms. The van der Waals surface area contributed by atoms with Gasteiger partial charge >= 0.3 is 0 Å². The van der Waals surface area contributed by atoms with Gasteiger partial charge in [0, 0.05) is 11.6 Å². The maximum Gasteiger partial charge on any atom is 0.127 e. The van der Waals surface area contributed by atoms with Crippen molar-refractivity contribution in [1.29, 1.82) is 0 Å². The lowest BCUT2D eigenvalue weighted by atomic mass is 9.97. The van der Waals surface area contributed by atoms with Crippen molar-refractivity contribution in [3.63, 3.8) is 0 Å². The Morgan fingerprint density at radius 1 is 1.35 bits per heavy atom. The molecule has 1 atom stereocenters. The van der Waals surface area contributed by atoms with Crippen molar-refractivity contribution < 1.29 is 9.13 Å². The third kappa shape index (κ3) is 2.50. The van der Waals surface area contributed by atoms with Gasteiger partial charge in [0.15, 0.2) is 0 Å². The highest BCUT2D eigenvalue weighted by atomic mass is 19.1. The first-order chi connectivity index (χ1) is 8.21. The van der Waals surface area contributed by atoms with Crippen LogP contribution in [0.15, 0.2) is 24.3 Å². The summed E-state index contributed by atoms with van der Waals surface area (Å²) < 4.78 is 19.6. The molecule has 0 spiro atoms. The van der Waals surface area contributed by atoms with Crippen LogP contribution < -0.4 is 5.32 Å². The summed E-state index contributed by atoms with van der Waals surface area (Å²) in [6, 6.07) is 7.05. The molecule has 0 radical (unpaired) electrons. The first kappa shape index (κ1) is 12.5. The van der Waals surface area contributed by atoms with E-state index >= 15 is 0 Å². The van der Waals surface area contributed by atoms with E-state index in [1.165, 1.54) is 6.07 Å². The Balaban J connectivity index is 2.20. The average molecular weight is 237 g/mol. The van der Waals surface area contributed by atoms with Gasteiger partial charge in [-0.2, -0.15) is 0 Å². The van der Waals surface area contributed by atoms with Crippen LogP contribution in [0.4, 0.5) is 4.39 Å². The van der Waals surface area contributed by atoms with E-state index in [1.807, 2.05) is 12.1 Å². The molecular formula is C14H20FNO. The van der Waals surface area contributed by atoms with Gasteiger partial charge in [0.25, 0.3) is 0 Å². The molecule has 0 bridgehead atoms. The third-order valence-electron chi connectivity index (χ3n) is 3.65. The van der Waals surface area contributed by atoms with Crippen LogP contribution in [0, 0.1) is 5.82 Å². The highest BCUT2D eigenvalue weighted by molar-refractivity contribution is 5.22. The molecule has 3 heteroatoms. The van der Waals surface area contributed by atoms with Crippen molar-refractivity contribution in [1.82, 2.24) is 5.32 Å². The summed E-state index contributed by atoms with van der Waals surface area (Å²) in [6.07, 6.45) is 2.62. The van der Waals surface area contributed by atoms with E-state index < -0.39 is 0 Å². The van der Waals surface area contributed by atoms with Gasteiger partial charge in [-0.05, 0) is 25.3 Å². The second-order valence-electron chi connectivity index (χ2n) is 4.56. The number of nitrogens with one attached hydrogen (secondary N) is 1. The van der Waals surface area contributed by atoms with Gasteiger partial charge < -0.3 is 4.74 Å². The largest absolute Gasteiger partial charge is 0.361 e. The van der Waals surface area contributed by atoms with E-state index in [4.69, 9.17) is 4.74 Å². The molecule has 1 saturated heterocycles. The molecule has 1 N–H and O–H groups in total. The van der Waals surface area contributed by atoms with Crippen molar-refractivity contribution in [3.05, 3.63) is 35.6 Å². The summed E-state index contributed by atoms with van der Waals surface area (Å²) in [7, 11) is 0. The maximum absolute atomic E-state index is 13.8. The van der Waals surface area contributed by atoms with Crippen LogP contribution in [-0.4, -0.2) is 12.3 Å². The lowest BCUT2D eigenvalue weighted by molar-refractivity contribution is -0.116. The van der Waals surface area contributed by atoms with E-state index in [9.17, 15) is 4.39 Å². The van der Waals surface area contributed by atoms with E-state index in [2.05, 4.69) is 19.2 Å². The molecule has 1 heterocycles. The number of hydrogen-bond donors (Lipinski definition) is 1. The molecule has 2 nitrogen and oxygen atoms in total. The minimum atomic E-state index is -0.287. The van der Waals surface area contributed by atoms with Gasteiger partial charge in [-0.1, -0.05) is 32.0 Å². The van der Waals surface area contributed by atoms with Crippen molar-refractivity contribution in [2.75, 3.05) is 6.61 Å². The van der Waals surface area contributed by atoms with E-state index in [0.29, 0.717) is 6.61 Å². The number of halogens is 1. The lowest BCUT2D eigenvalue weighted by Gasteiger charge is -2.41. The fourth-order valence-corrected chi connectivity index (χ4v) is 2.45. The van der Waals surface area contributed by atoms with Gasteiger partial charge in [-0.15, -0.1) is 0 Å². The zero-order valence-corrected chi connectivity index (χ0v) is 10.5. The Hall–Kier alpha value is -0.930.